The molecule has 0 aromatic carbocycles. The highest BCUT2D eigenvalue weighted by molar-refractivity contribution is 5.53. The second kappa shape index (κ2) is 5.94. The smallest absolute Gasteiger partial charge is 0.239 e. The summed E-state index contributed by atoms with van der Waals surface area (Å²) >= 11 is 0. The standard InChI is InChI=1S/C14H25N3O/c1-6-10(2)9-16-12-8-7-11(15)13(17-12)18-14(3,4)5/h7-8,10H,6,9,15H2,1-5H3,(H,16,17). The lowest BCUT2D eigenvalue weighted by Crippen LogP contribution is -2.24. The highest BCUT2D eigenvalue weighted by Gasteiger charge is 2.15. The third-order valence-corrected chi connectivity index (χ3v) is 2.62. The van der Waals surface area contributed by atoms with Gasteiger partial charge in [0.15, 0.2) is 0 Å². The molecule has 3 N–H and O–H groups in total. The maximum Gasteiger partial charge on any atom is 0.239 e. The first-order valence-corrected chi connectivity index (χ1v) is 6.51. The summed E-state index contributed by atoms with van der Waals surface area (Å²) in [6.07, 6.45) is 1.15. The lowest BCUT2D eigenvalue weighted by molar-refractivity contribution is 0.125. The molecule has 1 aromatic heterocycles. The fourth-order valence-corrected chi connectivity index (χ4v) is 1.34. The van der Waals surface area contributed by atoms with Gasteiger partial charge in [-0.1, -0.05) is 20.3 Å². The van der Waals surface area contributed by atoms with Crippen LogP contribution in [0, 0.1) is 5.92 Å². The van der Waals surface area contributed by atoms with Gasteiger partial charge in [-0.25, -0.2) is 0 Å². The lowest BCUT2D eigenvalue weighted by Gasteiger charge is -2.22. The third kappa shape index (κ3) is 4.82. The van der Waals surface area contributed by atoms with Gasteiger partial charge in [0.25, 0.3) is 0 Å². The van der Waals surface area contributed by atoms with Gasteiger partial charge in [-0.2, -0.15) is 4.98 Å². The average molecular weight is 251 g/mol. The van der Waals surface area contributed by atoms with Gasteiger partial charge in [0.1, 0.15) is 11.4 Å². The van der Waals surface area contributed by atoms with Gasteiger partial charge in [-0.3, -0.25) is 0 Å². The minimum Gasteiger partial charge on any atom is -0.470 e. The Bertz CT molecular complexity index is 385. The first-order valence-electron chi connectivity index (χ1n) is 6.51. The third-order valence-electron chi connectivity index (χ3n) is 2.62. The first-order chi connectivity index (χ1) is 8.31. The van der Waals surface area contributed by atoms with Gasteiger partial charge in [-0.15, -0.1) is 0 Å². The van der Waals surface area contributed by atoms with Crippen molar-refractivity contribution in [2.24, 2.45) is 5.92 Å². The topological polar surface area (TPSA) is 60.2 Å². The van der Waals surface area contributed by atoms with Crippen LogP contribution in [-0.2, 0) is 0 Å². The number of hydrogen-bond donors (Lipinski definition) is 2. The molecule has 0 aliphatic carbocycles. The number of nitrogen functional groups attached to an aromatic ring is 1. The van der Waals surface area contributed by atoms with E-state index in [2.05, 4.69) is 24.1 Å². The Hall–Kier alpha value is -1.45. The number of aromatic nitrogens is 1. The lowest BCUT2D eigenvalue weighted by atomic mass is 10.1. The Morgan fingerprint density at radius 1 is 1.39 bits per heavy atom. The van der Waals surface area contributed by atoms with Crippen LogP contribution in [0.5, 0.6) is 5.88 Å². The van der Waals surface area contributed by atoms with Crippen LogP contribution in [0.2, 0.25) is 0 Å². The Kier molecular flexibility index (Phi) is 4.82. The number of hydrogen-bond acceptors (Lipinski definition) is 4. The van der Waals surface area contributed by atoms with E-state index in [1.807, 2.05) is 32.9 Å². The number of pyridine rings is 1. The monoisotopic (exact) mass is 251 g/mol. The van der Waals surface area contributed by atoms with Gasteiger partial charge in [0.2, 0.25) is 5.88 Å². The molecule has 1 rings (SSSR count). The molecule has 0 fully saturated rings. The first kappa shape index (κ1) is 14.6. The maximum atomic E-state index is 5.86. The molecule has 4 heteroatoms. The van der Waals surface area contributed by atoms with Crippen LogP contribution in [0.25, 0.3) is 0 Å². The molecular formula is C14H25N3O. The Morgan fingerprint density at radius 3 is 2.61 bits per heavy atom. The van der Waals surface area contributed by atoms with E-state index in [1.54, 1.807) is 0 Å². The number of anilines is 2. The molecule has 1 heterocycles. The van der Waals surface area contributed by atoms with Gasteiger partial charge in [0, 0.05) is 6.54 Å². The minimum absolute atomic E-state index is 0.295. The predicted molar refractivity (Wildman–Crippen MR) is 77.0 cm³/mol. The van der Waals surface area contributed by atoms with E-state index in [0.717, 1.165) is 18.8 Å². The molecule has 0 aliphatic rings. The van der Waals surface area contributed by atoms with Crippen LogP contribution in [0.3, 0.4) is 0 Å². The summed E-state index contributed by atoms with van der Waals surface area (Å²) < 4.78 is 5.73. The van der Waals surface area contributed by atoms with Crippen LogP contribution >= 0.6 is 0 Å². The zero-order chi connectivity index (χ0) is 13.8. The van der Waals surface area contributed by atoms with Crippen LogP contribution in [0.15, 0.2) is 12.1 Å². The largest absolute Gasteiger partial charge is 0.470 e. The van der Waals surface area contributed by atoms with Crippen molar-refractivity contribution in [2.45, 2.75) is 46.6 Å². The molecule has 102 valence electrons. The maximum absolute atomic E-state index is 5.86. The molecule has 4 nitrogen and oxygen atoms in total. The molecule has 0 aliphatic heterocycles. The molecule has 18 heavy (non-hydrogen) atoms. The van der Waals surface area contributed by atoms with E-state index >= 15 is 0 Å². The number of rotatable bonds is 5. The van der Waals surface area contributed by atoms with Crippen LogP contribution in [0.1, 0.15) is 41.0 Å². The molecule has 1 aromatic rings. The fourth-order valence-electron chi connectivity index (χ4n) is 1.34. The molecule has 0 saturated heterocycles. The second-order valence-corrected chi connectivity index (χ2v) is 5.70. The van der Waals surface area contributed by atoms with E-state index in [4.69, 9.17) is 10.5 Å². The molecule has 1 unspecified atom stereocenters. The zero-order valence-corrected chi connectivity index (χ0v) is 12.1. The molecular weight excluding hydrogens is 226 g/mol. The molecule has 0 radical (unpaired) electrons. The minimum atomic E-state index is -0.295. The quantitative estimate of drug-likeness (QED) is 0.843. The number of nitrogens with two attached hydrogens (primary N) is 1. The average Bonchev–Trinajstić information content (AvgIpc) is 2.28. The van der Waals surface area contributed by atoms with E-state index < -0.39 is 0 Å². The van der Waals surface area contributed by atoms with E-state index in [0.29, 0.717) is 17.5 Å². The summed E-state index contributed by atoms with van der Waals surface area (Å²) in [6.45, 7) is 11.2. The summed E-state index contributed by atoms with van der Waals surface area (Å²) in [5.41, 5.74) is 6.14. The van der Waals surface area contributed by atoms with Gasteiger partial charge >= 0.3 is 0 Å². The van der Waals surface area contributed by atoms with Crippen molar-refractivity contribution in [2.75, 3.05) is 17.6 Å². The number of nitrogens with one attached hydrogen (secondary N) is 1. The molecule has 0 amide bonds. The van der Waals surface area contributed by atoms with E-state index in [1.165, 1.54) is 0 Å². The number of nitrogens with zero attached hydrogens (tertiary/aromatic N) is 1. The van der Waals surface area contributed by atoms with Crippen molar-refractivity contribution in [1.82, 2.24) is 4.98 Å². The van der Waals surface area contributed by atoms with Crippen molar-refractivity contribution >= 4 is 11.5 Å². The van der Waals surface area contributed by atoms with Crippen molar-refractivity contribution < 1.29 is 4.74 Å². The van der Waals surface area contributed by atoms with Gasteiger partial charge < -0.3 is 15.8 Å². The summed E-state index contributed by atoms with van der Waals surface area (Å²) in [4.78, 5) is 4.41. The Morgan fingerprint density at radius 2 is 2.06 bits per heavy atom. The van der Waals surface area contributed by atoms with Crippen LogP contribution < -0.4 is 15.8 Å². The van der Waals surface area contributed by atoms with Crippen LogP contribution in [0.4, 0.5) is 11.5 Å². The fraction of sp³-hybridized carbons (Fsp3) is 0.643. The molecule has 0 saturated carbocycles. The summed E-state index contributed by atoms with van der Waals surface area (Å²) in [5.74, 6) is 1.93. The predicted octanol–water partition coefficient (Wildman–Crippen LogP) is 3.30. The van der Waals surface area contributed by atoms with Gasteiger partial charge in [0.05, 0.1) is 5.69 Å². The van der Waals surface area contributed by atoms with Gasteiger partial charge in [-0.05, 0) is 38.8 Å². The van der Waals surface area contributed by atoms with Crippen LogP contribution in [-0.4, -0.2) is 17.1 Å². The highest BCUT2D eigenvalue weighted by Crippen LogP contribution is 2.25. The van der Waals surface area contributed by atoms with Crippen molar-refractivity contribution in [1.29, 1.82) is 0 Å². The Labute approximate surface area is 110 Å². The van der Waals surface area contributed by atoms with Crippen molar-refractivity contribution in [3.8, 4) is 5.88 Å². The van der Waals surface area contributed by atoms with Crippen molar-refractivity contribution in [3.63, 3.8) is 0 Å². The summed E-state index contributed by atoms with van der Waals surface area (Å²) in [5, 5.41) is 3.30. The Balaban J connectivity index is 2.74. The van der Waals surface area contributed by atoms with E-state index in [-0.39, 0.29) is 5.60 Å². The van der Waals surface area contributed by atoms with Crippen molar-refractivity contribution in [3.05, 3.63) is 12.1 Å². The summed E-state index contributed by atoms with van der Waals surface area (Å²) in [6, 6.07) is 3.71. The normalized spacial score (nSPS) is 13.2. The molecule has 0 spiro atoms. The summed E-state index contributed by atoms with van der Waals surface area (Å²) in [7, 11) is 0. The molecule has 0 bridgehead atoms. The highest BCUT2D eigenvalue weighted by atomic mass is 16.5. The SMILES string of the molecule is CCC(C)CNc1ccc(N)c(OC(C)(C)C)n1. The molecule has 1 atom stereocenters. The number of ether oxygens (including phenoxy) is 1. The van der Waals surface area contributed by atoms with E-state index in [9.17, 15) is 0 Å². The zero-order valence-electron chi connectivity index (χ0n) is 12.1. The second-order valence-electron chi connectivity index (χ2n) is 5.70.